The Hall–Kier alpha value is -2.70. The molecule has 1 fully saturated rings. The molecule has 2 aromatic rings. The van der Waals surface area contributed by atoms with Gasteiger partial charge in [-0.15, -0.1) is 0 Å². The number of fused-ring (bicyclic) bond motifs is 2. The Morgan fingerprint density at radius 1 is 1.36 bits per heavy atom. The lowest BCUT2D eigenvalue weighted by molar-refractivity contribution is 0.0276. The SMILES string of the molecule is Cc1c2c(cc3c1O/C(=C\c1cccnc1)C3=O)CN(CC1CCCO1)CO2. The average molecular weight is 378 g/mol. The summed E-state index contributed by atoms with van der Waals surface area (Å²) in [6, 6.07) is 5.65. The molecule has 6 nitrogen and oxygen atoms in total. The second-order valence-corrected chi connectivity index (χ2v) is 7.51. The predicted molar refractivity (Wildman–Crippen MR) is 103 cm³/mol. The standard InChI is InChI=1S/C22H22N2O4/c1-14-21-16(11-24(13-27-21)12-17-5-3-7-26-17)9-18-20(25)19(28-22(14)18)8-15-4-2-6-23-10-15/h2,4,6,8-10,17H,3,5,7,11-13H2,1H3/b19-8-. The van der Waals surface area contributed by atoms with Crippen molar-refractivity contribution in [3.63, 3.8) is 0 Å². The number of ketones is 1. The van der Waals surface area contributed by atoms with E-state index in [1.54, 1.807) is 18.5 Å². The normalized spacial score (nSPS) is 22.7. The second kappa shape index (κ2) is 7.04. The van der Waals surface area contributed by atoms with Gasteiger partial charge in [-0.3, -0.25) is 14.7 Å². The Morgan fingerprint density at radius 2 is 2.29 bits per heavy atom. The minimum absolute atomic E-state index is 0.0963. The summed E-state index contributed by atoms with van der Waals surface area (Å²) in [5.74, 6) is 1.66. The summed E-state index contributed by atoms with van der Waals surface area (Å²) >= 11 is 0. The maximum atomic E-state index is 12.9. The van der Waals surface area contributed by atoms with Gasteiger partial charge in [0.15, 0.2) is 5.76 Å². The summed E-state index contributed by atoms with van der Waals surface area (Å²) in [5.41, 5.74) is 3.35. The lowest BCUT2D eigenvalue weighted by Gasteiger charge is -2.31. The van der Waals surface area contributed by atoms with Crippen LogP contribution in [-0.2, 0) is 11.3 Å². The molecular weight excluding hydrogens is 356 g/mol. The summed E-state index contributed by atoms with van der Waals surface area (Å²) in [6.45, 7) is 4.93. The molecule has 144 valence electrons. The molecule has 4 heterocycles. The first kappa shape index (κ1) is 17.4. The predicted octanol–water partition coefficient (Wildman–Crippen LogP) is 3.34. The third-order valence-corrected chi connectivity index (χ3v) is 5.47. The zero-order valence-corrected chi connectivity index (χ0v) is 15.8. The number of Topliss-reactive ketones (excluding diaryl/α,β-unsaturated/α-hetero) is 1. The molecule has 3 aliphatic heterocycles. The molecule has 3 aliphatic rings. The molecule has 1 atom stereocenters. The van der Waals surface area contributed by atoms with Crippen molar-refractivity contribution >= 4 is 11.9 Å². The first-order valence-corrected chi connectivity index (χ1v) is 9.66. The Morgan fingerprint density at radius 3 is 3.07 bits per heavy atom. The highest BCUT2D eigenvalue weighted by molar-refractivity contribution is 6.15. The van der Waals surface area contributed by atoms with Crippen LogP contribution >= 0.6 is 0 Å². The number of pyridine rings is 1. The van der Waals surface area contributed by atoms with Gasteiger partial charge < -0.3 is 14.2 Å². The van der Waals surface area contributed by atoms with Crippen molar-refractivity contribution in [1.29, 1.82) is 0 Å². The fourth-order valence-electron chi connectivity index (χ4n) is 4.10. The average Bonchev–Trinajstić information content (AvgIpc) is 3.32. The minimum Gasteiger partial charge on any atom is -0.477 e. The van der Waals surface area contributed by atoms with Crippen molar-refractivity contribution < 1.29 is 19.0 Å². The molecule has 1 unspecified atom stereocenters. The van der Waals surface area contributed by atoms with Gasteiger partial charge in [0.2, 0.25) is 5.78 Å². The van der Waals surface area contributed by atoms with Crippen LogP contribution in [0.1, 0.15) is 39.9 Å². The van der Waals surface area contributed by atoms with Crippen LogP contribution in [-0.4, -0.2) is 41.7 Å². The van der Waals surface area contributed by atoms with Gasteiger partial charge in [0, 0.05) is 43.2 Å². The van der Waals surface area contributed by atoms with E-state index in [1.165, 1.54) is 0 Å². The monoisotopic (exact) mass is 378 g/mol. The van der Waals surface area contributed by atoms with Crippen molar-refractivity contribution in [3.8, 4) is 11.5 Å². The number of aromatic nitrogens is 1. The maximum Gasteiger partial charge on any atom is 0.231 e. The van der Waals surface area contributed by atoms with Crippen molar-refractivity contribution in [3.05, 3.63) is 58.6 Å². The van der Waals surface area contributed by atoms with Crippen LogP contribution in [0.4, 0.5) is 0 Å². The molecular formula is C22H22N2O4. The van der Waals surface area contributed by atoms with E-state index < -0.39 is 0 Å². The first-order chi connectivity index (χ1) is 13.7. The van der Waals surface area contributed by atoms with E-state index in [1.807, 2.05) is 25.1 Å². The zero-order chi connectivity index (χ0) is 19.1. The molecule has 5 rings (SSSR count). The molecule has 0 bridgehead atoms. The molecule has 1 saturated heterocycles. The van der Waals surface area contributed by atoms with Gasteiger partial charge in [-0.1, -0.05) is 6.07 Å². The molecule has 28 heavy (non-hydrogen) atoms. The van der Waals surface area contributed by atoms with Crippen LogP contribution in [0.3, 0.4) is 0 Å². The maximum absolute atomic E-state index is 12.9. The number of hydrogen-bond donors (Lipinski definition) is 0. The number of hydrogen-bond acceptors (Lipinski definition) is 6. The van der Waals surface area contributed by atoms with Crippen LogP contribution in [0.2, 0.25) is 0 Å². The summed E-state index contributed by atoms with van der Waals surface area (Å²) in [5, 5.41) is 0. The molecule has 0 N–H and O–H groups in total. The highest BCUT2D eigenvalue weighted by Gasteiger charge is 2.34. The third-order valence-electron chi connectivity index (χ3n) is 5.47. The Balaban J connectivity index is 1.42. The van der Waals surface area contributed by atoms with Gasteiger partial charge in [-0.2, -0.15) is 0 Å². The summed E-state index contributed by atoms with van der Waals surface area (Å²) < 4.78 is 17.7. The number of benzene rings is 1. The molecule has 6 heteroatoms. The largest absolute Gasteiger partial charge is 0.477 e. The Kier molecular flexibility index (Phi) is 4.37. The zero-order valence-electron chi connectivity index (χ0n) is 15.8. The fraction of sp³-hybridized carbons (Fsp3) is 0.364. The van der Waals surface area contributed by atoms with Gasteiger partial charge in [-0.25, -0.2) is 0 Å². The molecule has 0 amide bonds. The van der Waals surface area contributed by atoms with Crippen molar-refractivity contribution in [2.24, 2.45) is 0 Å². The second-order valence-electron chi connectivity index (χ2n) is 7.51. The quantitative estimate of drug-likeness (QED) is 0.764. The van der Waals surface area contributed by atoms with Crippen LogP contribution in [0, 0.1) is 6.92 Å². The fourth-order valence-corrected chi connectivity index (χ4v) is 4.10. The van der Waals surface area contributed by atoms with E-state index >= 15 is 0 Å². The topological polar surface area (TPSA) is 60.9 Å². The lowest BCUT2D eigenvalue weighted by atomic mass is 10.00. The van der Waals surface area contributed by atoms with Gasteiger partial charge in [-0.05, 0) is 43.5 Å². The van der Waals surface area contributed by atoms with E-state index in [0.29, 0.717) is 23.8 Å². The van der Waals surface area contributed by atoms with Crippen LogP contribution in [0.25, 0.3) is 6.08 Å². The smallest absolute Gasteiger partial charge is 0.231 e. The van der Waals surface area contributed by atoms with Gasteiger partial charge in [0.1, 0.15) is 18.2 Å². The van der Waals surface area contributed by atoms with Crippen LogP contribution in [0.15, 0.2) is 36.4 Å². The van der Waals surface area contributed by atoms with Gasteiger partial charge in [0.05, 0.1) is 11.7 Å². The van der Waals surface area contributed by atoms with E-state index in [4.69, 9.17) is 14.2 Å². The third kappa shape index (κ3) is 3.08. The number of carbonyl (C=O) groups is 1. The van der Waals surface area contributed by atoms with E-state index in [9.17, 15) is 4.79 Å². The van der Waals surface area contributed by atoms with E-state index in [2.05, 4.69) is 9.88 Å². The number of allylic oxidation sites excluding steroid dienone is 1. The van der Waals surface area contributed by atoms with Crippen molar-refractivity contribution in [1.82, 2.24) is 9.88 Å². The molecule has 1 aromatic heterocycles. The summed E-state index contributed by atoms with van der Waals surface area (Å²) in [4.78, 5) is 19.2. The van der Waals surface area contributed by atoms with E-state index in [-0.39, 0.29) is 11.9 Å². The van der Waals surface area contributed by atoms with Crippen molar-refractivity contribution in [2.75, 3.05) is 19.9 Å². The first-order valence-electron chi connectivity index (χ1n) is 9.66. The van der Waals surface area contributed by atoms with Crippen molar-refractivity contribution in [2.45, 2.75) is 32.4 Å². The summed E-state index contributed by atoms with van der Waals surface area (Å²) in [7, 11) is 0. The summed E-state index contributed by atoms with van der Waals surface area (Å²) in [6.07, 6.45) is 7.64. The van der Waals surface area contributed by atoms with Crippen LogP contribution < -0.4 is 9.47 Å². The molecule has 0 radical (unpaired) electrons. The Bertz CT molecular complexity index is 949. The molecule has 0 aliphatic carbocycles. The van der Waals surface area contributed by atoms with E-state index in [0.717, 1.165) is 55.0 Å². The number of ether oxygens (including phenoxy) is 3. The van der Waals surface area contributed by atoms with Crippen LogP contribution in [0.5, 0.6) is 11.5 Å². The number of rotatable bonds is 3. The van der Waals surface area contributed by atoms with Gasteiger partial charge in [0.25, 0.3) is 0 Å². The highest BCUT2D eigenvalue weighted by Crippen LogP contribution is 2.43. The highest BCUT2D eigenvalue weighted by atomic mass is 16.5. The minimum atomic E-state index is -0.0963. The Labute approximate surface area is 163 Å². The number of nitrogens with zero attached hydrogens (tertiary/aromatic N) is 2. The number of carbonyl (C=O) groups excluding carboxylic acids is 1. The van der Waals surface area contributed by atoms with Gasteiger partial charge >= 0.3 is 0 Å². The molecule has 0 spiro atoms. The molecule has 1 aromatic carbocycles. The molecule has 0 saturated carbocycles. The lowest BCUT2D eigenvalue weighted by Crippen LogP contribution is -2.37.